The molecular formula is C9H19WY10-5. The second kappa shape index (κ2) is 110. The van der Waals surface area contributed by atoms with Crippen molar-refractivity contribution >= 4 is 0 Å². The maximum absolute atomic E-state index is 3.54. The third-order valence-corrected chi connectivity index (χ3v) is 0.500. The standard InChI is InChI=1S/2C4H8.CH3.W.10Y/c2*1-3-4-2;;;;;;;;;;;;/h2*1-4H2;1H3;;;;;;;;;;;/q2*-2;-1;;;;;;;;;;;. The van der Waals surface area contributed by atoms with Crippen LogP contribution in [0.5, 0.6) is 0 Å². The molecule has 0 saturated heterocycles. The molecule has 0 amide bonds. The van der Waals surface area contributed by atoms with Gasteiger partial charge in [0.05, 0.1) is 0 Å². The van der Waals surface area contributed by atoms with Crippen LogP contribution < -0.4 is 0 Å². The summed E-state index contributed by atoms with van der Waals surface area (Å²) in [6.07, 6.45) is 3.83. The Morgan fingerprint density at radius 3 is 0.400 bits per heavy atom. The summed E-state index contributed by atoms with van der Waals surface area (Å²) in [5.74, 6) is 0. The first-order chi connectivity index (χ1) is 3.83. The van der Waals surface area contributed by atoms with E-state index in [0.29, 0.717) is 0 Å². The zero-order chi connectivity index (χ0) is 6.83. The fraction of sp³-hybridized carbons (Fsp3) is 0.444. The van der Waals surface area contributed by atoms with Crippen molar-refractivity contribution in [2.45, 2.75) is 25.7 Å². The van der Waals surface area contributed by atoms with Gasteiger partial charge in [-0.3, -0.25) is 0 Å². The summed E-state index contributed by atoms with van der Waals surface area (Å²) in [7, 11) is 0. The maximum Gasteiger partial charge on any atom is 0 e. The molecule has 0 saturated carbocycles. The Morgan fingerprint density at radius 2 is 0.400 bits per heavy atom. The molecule has 0 aliphatic rings. The summed E-state index contributed by atoms with van der Waals surface area (Å²) >= 11 is 0. The first-order valence-electron chi connectivity index (χ1n) is 3.00. The van der Waals surface area contributed by atoms with Crippen LogP contribution in [0.4, 0.5) is 0 Å². The number of unbranched alkanes of at least 4 members (excludes halogenated alkanes) is 2. The number of hydrogen-bond donors (Lipinski definition) is 0. The van der Waals surface area contributed by atoms with E-state index in [2.05, 4.69) is 27.7 Å². The average Bonchev–Trinajstić information content (AvgIpc) is 1.88. The van der Waals surface area contributed by atoms with Crippen molar-refractivity contribution in [2.24, 2.45) is 0 Å². The summed E-state index contributed by atoms with van der Waals surface area (Å²) < 4.78 is 0. The molecule has 0 aromatic carbocycles. The SMILES string of the molecule is [CH2-]CC[CH2-].[CH2-]CC[CH2-].[CH3-].[W].[Y].[Y].[Y].[Y].[Y].[Y].[Y].[Y].[Y].[Y]. The fourth-order valence-corrected chi connectivity index (χ4v) is 0. The predicted octanol–water partition coefficient (Wildman–Crippen LogP) is 3.29. The van der Waals surface area contributed by atoms with Gasteiger partial charge in [-0.15, -0.1) is 0 Å². The van der Waals surface area contributed by atoms with E-state index in [1.54, 1.807) is 0 Å². The minimum Gasteiger partial charge on any atom is -0.358 e. The van der Waals surface area contributed by atoms with E-state index in [1.165, 1.54) is 0 Å². The van der Waals surface area contributed by atoms with Gasteiger partial charge in [-0.05, 0) is 0 Å². The van der Waals surface area contributed by atoms with Crippen LogP contribution in [0.2, 0.25) is 0 Å². The van der Waals surface area contributed by atoms with Gasteiger partial charge in [-0.25, -0.2) is 25.7 Å². The molecule has 0 aromatic rings. The molecule has 0 aromatic heterocycles. The molecule has 0 spiro atoms. The second-order valence-corrected chi connectivity index (χ2v) is 1.41. The summed E-state index contributed by atoms with van der Waals surface area (Å²) in [4.78, 5) is 0. The summed E-state index contributed by atoms with van der Waals surface area (Å²) in [5.41, 5.74) is 0. The summed E-state index contributed by atoms with van der Waals surface area (Å²) in [6.45, 7) is 14.2. The molecule has 0 N–H and O–H groups in total. The van der Waals surface area contributed by atoms with E-state index in [0.717, 1.165) is 25.7 Å². The van der Waals surface area contributed by atoms with Gasteiger partial charge in [0.25, 0.3) is 0 Å². The first kappa shape index (κ1) is 95.3. The maximum atomic E-state index is 3.54. The molecule has 0 rings (SSSR count). The van der Waals surface area contributed by atoms with E-state index in [9.17, 15) is 0 Å². The van der Waals surface area contributed by atoms with Crippen molar-refractivity contribution in [1.82, 2.24) is 0 Å². The Bertz CT molecular complexity index is 32.7. The van der Waals surface area contributed by atoms with Crippen LogP contribution in [-0.4, -0.2) is 0 Å². The van der Waals surface area contributed by atoms with Crippen molar-refractivity contribution in [3.8, 4) is 0 Å². The number of rotatable bonds is 2. The minimum absolute atomic E-state index is 0. The molecule has 0 bridgehead atoms. The molecule has 20 heavy (non-hydrogen) atoms. The normalized spacial score (nSPS) is 3.00. The third-order valence-electron chi connectivity index (χ3n) is 0.500. The van der Waals surface area contributed by atoms with Gasteiger partial charge in [-0.2, -0.15) is 0 Å². The van der Waals surface area contributed by atoms with Crippen LogP contribution in [0.1, 0.15) is 25.7 Å². The minimum atomic E-state index is 0. The van der Waals surface area contributed by atoms with Crippen LogP contribution >= 0.6 is 0 Å². The van der Waals surface area contributed by atoms with Gasteiger partial charge in [0.15, 0.2) is 0 Å². The van der Waals surface area contributed by atoms with Gasteiger partial charge in [0.2, 0.25) is 0 Å². The summed E-state index contributed by atoms with van der Waals surface area (Å²) in [5, 5.41) is 0. The van der Waals surface area contributed by atoms with Gasteiger partial charge in [0.1, 0.15) is 0 Å². The molecule has 0 nitrogen and oxygen atoms in total. The number of hydrogen-bond acceptors (Lipinski definition) is 0. The van der Waals surface area contributed by atoms with Crippen molar-refractivity contribution in [1.29, 1.82) is 0 Å². The smallest absolute Gasteiger partial charge is 0 e. The largest absolute Gasteiger partial charge is 0.358 e. The molecule has 96 valence electrons. The zero-order valence-corrected chi connectivity index (χ0v) is 44.2. The summed E-state index contributed by atoms with van der Waals surface area (Å²) in [6, 6.07) is 0. The molecule has 0 unspecified atom stereocenters. The Labute approximate surface area is 396 Å². The third kappa shape index (κ3) is 130. The van der Waals surface area contributed by atoms with Crippen LogP contribution in [0.3, 0.4) is 0 Å². The topological polar surface area (TPSA) is 0 Å². The molecular weight excluding hydrogens is 1180 g/mol. The van der Waals surface area contributed by atoms with Gasteiger partial charge in [-0.1, -0.05) is 0 Å². The molecule has 10 radical (unpaired) electrons. The van der Waals surface area contributed by atoms with E-state index < -0.39 is 0 Å². The van der Waals surface area contributed by atoms with E-state index >= 15 is 0 Å². The fourth-order valence-electron chi connectivity index (χ4n) is 0. The van der Waals surface area contributed by atoms with E-state index in [1.807, 2.05) is 0 Å². The van der Waals surface area contributed by atoms with Crippen molar-refractivity contribution in [3.05, 3.63) is 35.1 Å². The van der Waals surface area contributed by atoms with Crippen molar-refractivity contribution in [2.75, 3.05) is 0 Å². The molecule has 0 atom stereocenters. The van der Waals surface area contributed by atoms with Crippen molar-refractivity contribution < 1.29 is 348 Å². The zero-order valence-electron chi connectivity index (χ0n) is 12.8. The first-order valence-corrected chi connectivity index (χ1v) is 3.00. The molecule has 0 aliphatic heterocycles. The van der Waals surface area contributed by atoms with Crippen LogP contribution in [-0.2, 0) is 348 Å². The van der Waals surface area contributed by atoms with E-state index in [4.69, 9.17) is 0 Å². The predicted molar refractivity (Wildman–Crippen MR) is 46.3 cm³/mol. The van der Waals surface area contributed by atoms with Gasteiger partial charge < -0.3 is 35.1 Å². The Balaban J connectivity index is -0.00000000187. The quantitative estimate of drug-likeness (QED) is 0.374. The second-order valence-electron chi connectivity index (χ2n) is 1.41. The van der Waals surface area contributed by atoms with Crippen molar-refractivity contribution in [3.63, 3.8) is 0 Å². The average molecular weight is 1200 g/mol. The van der Waals surface area contributed by atoms with Crippen LogP contribution in [0.25, 0.3) is 0 Å². The monoisotopic (exact) mass is 1200 g/mol. The Hall–Kier alpha value is 11.7. The molecule has 0 fully saturated rings. The molecule has 0 heterocycles. The Kier molecular flexibility index (Phi) is 523. The van der Waals surface area contributed by atoms with Crippen LogP contribution in [0, 0.1) is 35.1 Å². The molecule has 11 heteroatoms. The Morgan fingerprint density at radius 1 is 0.350 bits per heavy atom. The van der Waals surface area contributed by atoms with Gasteiger partial charge in [0, 0.05) is 348 Å². The molecule has 0 aliphatic carbocycles. The van der Waals surface area contributed by atoms with E-state index in [-0.39, 0.29) is 356 Å². The van der Waals surface area contributed by atoms with Gasteiger partial charge >= 0.3 is 0 Å². The van der Waals surface area contributed by atoms with Crippen LogP contribution in [0.15, 0.2) is 0 Å².